The highest BCUT2D eigenvalue weighted by atomic mass is 32.2. The van der Waals surface area contributed by atoms with Gasteiger partial charge in [-0.1, -0.05) is 0 Å². The average molecular weight is 306 g/mol. The Kier molecular flexibility index (Phi) is 3.95. The fourth-order valence-corrected chi connectivity index (χ4v) is 2.49. The molecule has 0 spiro atoms. The maximum Gasteiger partial charge on any atom is 0.238 e. The van der Waals surface area contributed by atoms with Crippen molar-refractivity contribution in [1.29, 1.82) is 0 Å². The normalized spacial score (nSPS) is 11.1. The van der Waals surface area contributed by atoms with Gasteiger partial charge >= 0.3 is 0 Å². The van der Waals surface area contributed by atoms with Crippen LogP contribution in [0.4, 0.5) is 5.69 Å². The first-order valence-electron chi connectivity index (χ1n) is 6.02. The second kappa shape index (κ2) is 5.53. The van der Waals surface area contributed by atoms with E-state index in [0.717, 1.165) is 6.26 Å². The molecule has 2 N–H and O–H groups in total. The number of anilines is 1. The monoisotopic (exact) mass is 306 g/mol. The summed E-state index contributed by atoms with van der Waals surface area (Å²) >= 11 is 0. The summed E-state index contributed by atoms with van der Waals surface area (Å²) < 4.78 is 28.9. The molecule has 0 atom stereocenters. The highest BCUT2D eigenvalue weighted by Gasteiger charge is 2.18. The summed E-state index contributed by atoms with van der Waals surface area (Å²) in [6.07, 6.45) is 2.47. The number of ketones is 1. The van der Waals surface area contributed by atoms with Crippen LogP contribution in [0.15, 0.2) is 41.4 Å². The van der Waals surface area contributed by atoms with Crippen molar-refractivity contribution in [1.82, 2.24) is 4.98 Å². The molecule has 0 saturated carbocycles. The molecule has 1 aromatic heterocycles. The molecular formula is C14H14N2O4S. The van der Waals surface area contributed by atoms with Crippen molar-refractivity contribution in [3.8, 4) is 11.6 Å². The highest BCUT2D eigenvalue weighted by Crippen LogP contribution is 2.30. The largest absolute Gasteiger partial charge is 0.437 e. The molecular weight excluding hydrogens is 292 g/mol. The molecule has 21 heavy (non-hydrogen) atoms. The Morgan fingerprint density at radius 3 is 2.62 bits per heavy atom. The van der Waals surface area contributed by atoms with E-state index in [2.05, 4.69) is 4.98 Å². The minimum Gasteiger partial charge on any atom is -0.437 e. The average Bonchev–Trinajstić information content (AvgIpc) is 2.40. The number of pyridine rings is 1. The summed E-state index contributed by atoms with van der Waals surface area (Å²) in [4.78, 5) is 15.5. The molecule has 0 bridgehead atoms. The van der Waals surface area contributed by atoms with Gasteiger partial charge in [-0.3, -0.25) is 4.79 Å². The lowest BCUT2D eigenvalue weighted by Crippen LogP contribution is -2.04. The van der Waals surface area contributed by atoms with E-state index in [4.69, 9.17) is 10.5 Å². The molecule has 6 nitrogen and oxygen atoms in total. The van der Waals surface area contributed by atoms with Gasteiger partial charge < -0.3 is 10.5 Å². The van der Waals surface area contributed by atoms with Gasteiger partial charge in [0, 0.05) is 18.1 Å². The summed E-state index contributed by atoms with van der Waals surface area (Å²) in [5, 5.41) is 0. The van der Waals surface area contributed by atoms with Gasteiger partial charge in [-0.05, 0) is 37.3 Å². The van der Waals surface area contributed by atoms with Crippen molar-refractivity contribution in [2.45, 2.75) is 11.8 Å². The molecule has 2 aromatic rings. The van der Waals surface area contributed by atoms with Crippen LogP contribution >= 0.6 is 0 Å². The number of sulfone groups is 1. The number of aromatic nitrogens is 1. The molecule has 110 valence electrons. The Bertz CT molecular complexity index is 800. The zero-order valence-electron chi connectivity index (χ0n) is 11.5. The van der Waals surface area contributed by atoms with Crippen LogP contribution in [0.2, 0.25) is 0 Å². The Morgan fingerprint density at radius 1 is 1.29 bits per heavy atom. The third kappa shape index (κ3) is 3.38. The quantitative estimate of drug-likeness (QED) is 0.685. The van der Waals surface area contributed by atoms with Crippen LogP contribution in [0.1, 0.15) is 17.3 Å². The maximum atomic E-state index is 11.7. The summed E-state index contributed by atoms with van der Waals surface area (Å²) in [6, 6.07) is 7.43. The first-order chi connectivity index (χ1) is 9.79. The van der Waals surface area contributed by atoms with E-state index in [9.17, 15) is 13.2 Å². The van der Waals surface area contributed by atoms with E-state index in [1.54, 1.807) is 6.07 Å². The number of Topliss-reactive ketones (excluding diaryl/α,β-unsaturated/α-hetero) is 1. The Balaban J connectivity index is 2.52. The fraction of sp³-hybridized carbons (Fsp3) is 0.143. The Morgan fingerprint density at radius 2 is 2.00 bits per heavy atom. The molecule has 1 aromatic carbocycles. The smallest absolute Gasteiger partial charge is 0.238 e. The van der Waals surface area contributed by atoms with Crippen LogP contribution in [0.25, 0.3) is 0 Å². The van der Waals surface area contributed by atoms with E-state index >= 15 is 0 Å². The summed E-state index contributed by atoms with van der Waals surface area (Å²) in [5.74, 6) is -0.110. The second-order valence-corrected chi connectivity index (χ2v) is 6.48. The van der Waals surface area contributed by atoms with Crippen molar-refractivity contribution in [2.24, 2.45) is 0 Å². The van der Waals surface area contributed by atoms with E-state index in [1.807, 2.05) is 0 Å². The lowest BCUT2D eigenvalue weighted by molar-refractivity contribution is 0.101. The van der Waals surface area contributed by atoms with Gasteiger partial charge in [0.25, 0.3) is 0 Å². The lowest BCUT2D eigenvalue weighted by atomic mass is 10.1. The number of nitrogens with zero attached hydrogens (tertiary/aromatic N) is 1. The molecule has 0 fully saturated rings. The summed E-state index contributed by atoms with van der Waals surface area (Å²) in [7, 11) is -3.49. The number of nitrogen functional groups attached to an aromatic ring is 1. The molecule has 7 heteroatoms. The number of rotatable bonds is 4. The molecule has 0 aliphatic rings. The van der Waals surface area contributed by atoms with Crippen molar-refractivity contribution >= 4 is 21.3 Å². The van der Waals surface area contributed by atoms with Crippen LogP contribution in [0, 0.1) is 0 Å². The number of benzene rings is 1. The van der Waals surface area contributed by atoms with Crippen LogP contribution < -0.4 is 10.5 Å². The van der Waals surface area contributed by atoms with E-state index < -0.39 is 9.84 Å². The predicted molar refractivity (Wildman–Crippen MR) is 78.3 cm³/mol. The fourth-order valence-electron chi connectivity index (χ4n) is 1.75. The van der Waals surface area contributed by atoms with Crippen LogP contribution in [0.5, 0.6) is 11.6 Å². The van der Waals surface area contributed by atoms with Gasteiger partial charge in [-0.2, -0.15) is 0 Å². The minimum atomic E-state index is -3.49. The maximum absolute atomic E-state index is 11.7. The van der Waals surface area contributed by atoms with Crippen LogP contribution in [-0.4, -0.2) is 25.4 Å². The van der Waals surface area contributed by atoms with Gasteiger partial charge in [-0.25, -0.2) is 13.4 Å². The van der Waals surface area contributed by atoms with Gasteiger partial charge in [-0.15, -0.1) is 0 Å². The van der Waals surface area contributed by atoms with Crippen LogP contribution in [0.3, 0.4) is 0 Å². The molecule has 0 saturated heterocycles. The number of ether oxygens (including phenoxy) is 1. The lowest BCUT2D eigenvalue weighted by Gasteiger charge is -2.11. The Labute approximate surface area is 122 Å². The number of carbonyl (C=O) groups is 1. The number of nitrogens with two attached hydrogens (primary N) is 1. The topological polar surface area (TPSA) is 99.3 Å². The van der Waals surface area contributed by atoms with Crippen LogP contribution in [-0.2, 0) is 9.84 Å². The third-order valence-corrected chi connectivity index (χ3v) is 3.83. The standard InChI is InChI=1S/C14H14N2O4S/c1-9(17)11-8-10(15)5-6-12(11)20-14-13(21(2,18)19)4-3-7-16-14/h3-8H,15H2,1-2H3. The van der Waals surface area contributed by atoms with Crippen molar-refractivity contribution in [3.05, 3.63) is 42.1 Å². The molecule has 0 amide bonds. The second-order valence-electron chi connectivity index (χ2n) is 4.49. The minimum absolute atomic E-state index is 0.0451. The van der Waals surface area contributed by atoms with Gasteiger partial charge in [0.2, 0.25) is 5.88 Å². The molecule has 1 heterocycles. The first-order valence-corrected chi connectivity index (χ1v) is 7.91. The van der Waals surface area contributed by atoms with Gasteiger partial charge in [0.05, 0.1) is 5.56 Å². The Hall–Kier alpha value is -2.41. The summed E-state index contributed by atoms with van der Waals surface area (Å²) in [6.45, 7) is 1.37. The number of hydrogen-bond acceptors (Lipinski definition) is 6. The first kappa shape index (κ1) is 15.0. The number of carbonyl (C=O) groups excluding carboxylic acids is 1. The SMILES string of the molecule is CC(=O)c1cc(N)ccc1Oc1ncccc1S(C)(=O)=O. The zero-order valence-corrected chi connectivity index (χ0v) is 12.3. The third-order valence-electron chi connectivity index (χ3n) is 2.73. The zero-order chi connectivity index (χ0) is 15.6. The van der Waals surface area contributed by atoms with E-state index in [0.29, 0.717) is 5.69 Å². The summed E-state index contributed by atoms with van der Waals surface area (Å²) in [5.41, 5.74) is 6.32. The molecule has 0 unspecified atom stereocenters. The van der Waals surface area contributed by atoms with E-state index in [1.165, 1.54) is 37.4 Å². The number of hydrogen-bond donors (Lipinski definition) is 1. The van der Waals surface area contributed by atoms with Crippen molar-refractivity contribution < 1.29 is 17.9 Å². The van der Waals surface area contributed by atoms with Crippen molar-refractivity contribution in [3.63, 3.8) is 0 Å². The van der Waals surface area contributed by atoms with E-state index in [-0.39, 0.29) is 27.9 Å². The van der Waals surface area contributed by atoms with Gasteiger partial charge in [0.15, 0.2) is 15.6 Å². The molecule has 0 aliphatic heterocycles. The predicted octanol–water partition coefficient (Wildman–Crippen LogP) is 2.06. The molecule has 0 radical (unpaired) electrons. The highest BCUT2D eigenvalue weighted by molar-refractivity contribution is 7.90. The molecule has 2 rings (SSSR count). The molecule has 0 aliphatic carbocycles. The van der Waals surface area contributed by atoms with Crippen molar-refractivity contribution in [2.75, 3.05) is 12.0 Å². The van der Waals surface area contributed by atoms with Gasteiger partial charge in [0.1, 0.15) is 10.6 Å².